The summed E-state index contributed by atoms with van der Waals surface area (Å²) in [7, 11) is 1.30. The molecule has 0 aliphatic heterocycles. The van der Waals surface area contributed by atoms with Gasteiger partial charge < -0.3 is 14.8 Å². The quantitative estimate of drug-likeness (QED) is 0.826. The van der Waals surface area contributed by atoms with Gasteiger partial charge in [0.1, 0.15) is 5.75 Å². The Morgan fingerprint density at radius 3 is 2.46 bits per heavy atom. The molecule has 2 aromatic rings. The number of ether oxygens (including phenoxy) is 2. The number of nitrogens with one attached hydrogen (secondary N) is 1. The van der Waals surface area contributed by atoms with E-state index in [9.17, 15) is 9.59 Å². The Labute approximate surface area is 141 Å². The van der Waals surface area contributed by atoms with E-state index in [0.29, 0.717) is 17.0 Å². The summed E-state index contributed by atoms with van der Waals surface area (Å²) in [5.41, 5.74) is 1.73. The van der Waals surface area contributed by atoms with Gasteiger partial charge in [-0.05, 0) is 37.1 Å². The van der Waals surface area contributed by atoms with Crippen molar-refractivity contribution in [1.82, 2.24) is 0 Å². The summed E-state index contributed by atoms with van der Waals surface area (Å²) in [5, 5.41) is 2.72. The van der Waals surface area contributed by atoms with Crippen molar-refractivity contribution in [3.63, 3.8) is 0 Å². The third-order valence-electron chi connectivity index (χ3n) is 3.62. The number of hydrogen-bond acceptors (Lipinski definition) is 4. The highest BCUT2D eigenvalue weighted by Gasteiger charge is 2.19. The van der Waals surface area contributed by atoms with Gasteiger partial charge in [-0.25, -0.2) is 4.79 Å². The van der Waals surface area contributed by atoms with Gasteiger partial charge in [0.2, 0.25) is 0 Å². The summed E-state index contributed by atoms with van der Waals surface area (Å²) in [6.45, 7) is 3.70. The Morgan fingerprint density at radius 1 is 1.08 bits per heavy atom. The number of benzene rings is 2. The minimum absolute atomic E-state index is 0.300. The molecule has 0 saturated heterocycles. The van der Waals surface area contributed by atoms with Gasteiger partial charge in [0.25, 0.3) is 5.91 Å². The first-order valence-corrected chi connectivity index (χ1v) is 7.79. The number of para-hydroxylation sites is 2. The first kappa shape index (κ1) is 17.5. The van der Waals surface area contributed by atoms with Gasteiger partial charge in [0, 0.05) is 0 Å². The van der Waals surface area contributed by atoms with Crippen LogP contribution >= 0.6 is 0 Å². The van der Waals surface area contributed by atoms with Gasteiger partial charge in [0.15, 0.2) is 6.10 Å². The molecule has 0 spiro atoms. The molecule has 0 unspecified atom stereocenters. The SMILES string of the molecule is CCc1ccccc1O[C@H](C)C(=O)Nc1ccccc1C(=O)OC. The Morgan fingerprint density at radius 2 is 1.75 bits per heavy atom. The van der Waals surface area contributed by atoms with Crippen LogP contribution in [0.5, 0.6) is 5.75 Å². The number of aryl methyl sites for hydroxylation is 1. The highest BCUT2D eigenvalue weighted by Crippen LogP contribution is 2.21. The first-order chi connectivity index (χ1) is 11.6. The molecule has 0 fully saturated rings. The second-order valence-electron chi connectivity index (χ2n) is 5.25. The van der Waals surface area contributed by atoms with E-state index in [1.807, 2.05) is 31.2 Å². The molecule has 2 rings (SSSR count). The smallest absolute Gasteiger partial charge is 0.339 e. The van der Waals surface area contributed by atoms with Gasteiger partial charge in [0.05, 0.1) is 18.4 Å². The van der Waals surface area contributed by atoms with Crippen LogP contribution in [0.3, 0.4) is 0 Å². The maximum atomic E-state index is 12.4. The van der Waals surface area contributed by atoms with Crippen molar-refractivity contribution in [2.45, 2.75) is 26.4 Å². The first-order valence-electron chi connectivity index (χ1n) is 7.79. The second kappa shape index (κ2) is 8.15. The molecule has 2 aromatic carbocycles. The Hall–Kier alpha value is -2.82. The molecular weight excluding hydrogens is 306 g/mol. The number of rotatable bonds is 6. The molecule has 0 aliphatic rings. The molecule has 1 N–H and O–H groups in total. The van der Waals surface area contributed by atoms with Gasteiger partial charge >= 0.3 is 5.97 Å². The van der Waals surface area contributed by atoms with Crippen LogP contribution in [-0.2, 0) is 16.0 Å². The molecule has 24 heavy (non-hydrogen) atoms. The minimum atomic E-state index is -0.705. The Kier molecular flexibility index (Phi) is 5.95. The summed E-state index contributed by atoms with van der Waals surface area (Å²) in [6, 6.07) is 14.3. The fourth-order valence-electron chi connectivity index (χ4n) is 2.27. The predicted octanol–water partition coefficient (Wildman–Crippen LogP) is 3.44. The van der Waals surface area contributed by atoms with Crippen molar-refractivity contribution in [2.75, 3.05) is 12.4 Å². The maximum absolute atomic E-state index is 12.4. The van der Waals surface area contributed by atoms with Gasteiger partial charge in [-0.15, -0.1) is 0 Å². The molecule has 126 valence electrons. The van der Waals surface area contributed by atoms with Crippen LogP contribution in [0.15, 0.2) is 48.5 Å². The van der Waals surface area contributed by atoms with Gasteiger partial charge in [-0.2, -0.15) is 0 Å². The van der Waals surface area contributed by atoms with Gasteiger partial charge in [-0.3, -0.25) is 4.79 Å². The molecule has 0 aliphatic carbocycles. The highest BCUT2D eigenvalue weighted by atomic mass is 16.5. The van der Waals surface area contributed by atoms with Crippen LogP contribution in [0.4, 0.5) is 5.69 Å². The van der Waals surface area contributed by atoms with Crippen LogP contribution in [0.25, 0.3) is 0 Å². The number of hydrogen-bond donors (Lipinski definition) is 1. The molecular formula is C19H21NO4. The molecule has 0 radical (unpaired) electrons. The van der Waals surface area contributed by atoms with Crippen LogP contribution in [0.2, 0.25) is 0 Å². The van der Waals surface area contributed by atoms with E-state index in [0.717, 1.165) is 12.0 Å². The van der Waals surface area contributed by atoms with Crippen molar-refractivity contribution in [2.24, 2.45) is 0 Å². The Balaban J connectivity index is 2.11. The van der Waals surface area contributed by atoms with Crippen LogP contribution < -0.4 is 10.1 Å². The standard InChI is InChI=1S/C19H21NO4/c1-4-14-9-5-8-12-17(14)24-13(2)18(21)20-16-11-7-6-10-15(16)19(22)23-3/h5-13H,4H2,1-3H3,(H,20,21)/t13-/m1/s1. The second-order valence-corrected chi connectivity index (χ2v) is 5.25. The summed E-state index contributed by atoms with van der Waals surface area (Å²) >= 11 is 0. The number of esters is 1. The number of anilines is 1. The molecule has 5 heteroatoms. The molecule has 5 nitrogen and oxygen atoms in total. The lowest BCUT2D eigenvalue weighted by Gasteiger charge is -2.17. The third-order valence-corrected chi connectivity index (χ3v) is 3.62. The van der Waals surface area contributed by atoms with E-state index in [1.165, 1.54) is 7.11 Å². The van der Waals surface area contributed by atoms with Gasteiger partial charge in [-0.1, -0.05) is 37.3 Å². The highest BCUT2D eigenvalue weighted by molar-refractivity contribution is 6.02. The fourth-order valence-corrected chi connectivity index (χ4v) is 2.27. The molecule has 0 heterocycles. The molecule has 1 amide bonds. The summed E-state index contributed by atoms with van der Waals surface area (Å²) in [4.78, 5) is 24.1. The average Bonchev–Trinajstić information content (AvgIpc) is 2.61. The van der Waals surface area contributed by atoms with E-state index in [2.05, 4.69) is 5.32 Å². The molecule has 0 bridgehead atoms. The topological polar surface area (TPSA) is 64.6 Å². The summed E-state index contributed by atoms with van der Waals surface area (Å²) < 4.78 is 10.5. The lowest BCUT2D eigenvalue weighted by Crippen LogP contribution is -2.31. The fraction of sp³-hybridized carbons (Fsp3) is 0.263. The van der Waals surface area contributed by atoms with E-state index in [4.69, 9.17) is 9.47 Å². The Bertz CT molecular complexity index is 727. The van der Waals surface area contributed by atoms with Crippen molar-refractivity contribution in [3.8, 4) is 5.75 Å². The number of methoxy groups -OCH3 is 1. The lowest BCUT2D eigenvalue weighted by atomic mass is 10.1. The maximum Gasteiger partial charge on any atom is 0.339 e. The van der Waals surface area contributed by atoms with E-state index in [1.54, 1.807) is 31.2 Å². The number of carbonyl (C=O) groups excluding carboxylic acids is 2. The zero-order valence-corrected chi connectivity index (χ0v) is 14.0. The predicted molar refractivity (Wildman–Crippen MR) is 92.3 cm³/mol. The van der Waals surface area contributed by atoms with Crippen molar-refractivity contribution >= 4 is 17.6 Å². The van der Waals surface area contributed by atoms with E-state index in [-0.39, 0.29) is 5.91 Å². The molecule has 0 saturated carbocycles. The summed E-state index contributed by atoms with van der Waals surface area (Å²) in [6.07, 6.45) is 0.110. The normalized spacial score (nSPS) is 11.5. The lowest BCUT2D eigenvalue weighted by molar-refractivity contribution is -0.122. The van der Waals surface area contributed by atoms with E-state index >= 15 is 0 Å². The molecule has 1 atom stereocenters. The van der Waals surface area contributed by atoms with Crippen molar-refractivity contribution in [3.05, 3.63) is 59.7 Å². The molecule has 0 aromatic heterocycles. The van der Waals surface area contributed by atoms with E-state index < -0.39 is 12.1 Å². The number of amides is 1. The van der Waals surface area contributed by atoms with Crippen LogP contribution in [0, 0.1) is 0 Å². The van der Waals surface area contributed by atoms with Crippen molar-refractivity contribution in [1.29, 1.82) is 0 Å². The van der Waals surface area contributed by atoms with Crippen LogP contribution in [-0.4, -0.2) is 25.1 Å². The number of carbonyl (C=O) groups is 2. The largest absolute Gasteiger partial charge is 0.481 e. The zero-order chi connectivity index (χ0) is 17.5. The van der Waals surface area contributed by atoms with Crippen LogP contribution in [0.1, 0.15) is 29.8 Å². The zero-order valence-electron chi connectivity index (χ0n) is 14.0. The summed E-state index contributed by atoms with van der Waals surface area (Å²) in [5.74, 6) is -0.156. The monoisotopic (exact) mass is 327 g/mol. The van der Waals surface area contributed by atoms with Crippen molar-refractivity contribution < 1.29 is 19.1 Å². The minimum Gasteiger partial charge on any atom is -0.481 e. The average molecular weight is 327 g/mol. The third kappa shape index (κ3) is 4.13.